The first-order valence-corrected chi connectivity index (χ1v) is 11.3. The number of aromatic nitrogens is 2. The summed E-state index contributed by atoms with van der Waals surface area (Å²) in [4.78, 5) is 52.7. The van der Waals surface area contributed by atoms with Gasteiger partial charge in [-0.15, -0.1) is 0 Å². The van der Waals surface area contributed by atoms with Crippen LogP contribution in [0.4, 0.5) is 5.95 Å². The van der Waals surface area contributed by atoms with Crippen LogP contribution in [0.2, 0.25) is 0 Å². The van der Waals surface area contributed by atoms with E-state index in [-0.39, 0.29) is 41.3 Å². The number of fused-ring (bicyclic) bond motifs is 2. The van der Waals surface area contributed by atoms with E-state index >= 15 is 0 Å². The highest BCUT2D eigenvalue weighted by molar-refractivity contribution is 6.08. The minimum atomic E-state index is -0.356. The minimum absolute atomic E-state index is 0.0105. The van der Waals surface area contributed by atoms with Crippen molar-refractivity contribution in [3.63, 3.8) is 0 Å². The highest BCUT2D eigenvalue weighted by Crippen LogP contribution is 2.51. The molecule has 30 heavy (non-hydrogen) atoms. The average molecular weight is 412 g/mol. The Labute approximate surface area is 176 Å². The molecule has 2 saturated heterocycles. The predicted molar refractivity (Wildman–Crippen MR) is 109 cm³/mol. The lowest BCUT2D eigenvalue weighted by molar-refractivity contribution is -0.144. The van der Waals surface area contributed by atoms with E-state index in [0.29, 0.717) is 13.0 Å². The quantitative estimate of drug-likeness (QED) is 0.509. The van der Waals surface area contributed by atoms with E-state index in [1.165, 1.54) is 4.90 Å². The first kappa shape index (κ1) is 19.6. The Hall–Kier alpha value is -2.35. The van der Waals surface area contributed by atoms with Crippen molar-refractivity contribution < 1.29 is 14.4 Å². The lowest BCUT2D eigenvalue weighted by atomic mass is 9.59. The number of rotatable bonds is 6. The molecule has 5 aliphatic rings. The summed E-state index contributed by atoms with van der Waals surface area (Å²) in [6, 6.07) is 1.83. The number of anilines is 1. The SMILES string of the molecule is O=C1CC2CCC1C1C(=O)N(CCCCN3CCN(c4ncccn4)CC3)C(=O)C21. The monoisotopic (exact) mass is 411 g/mol. The summed E-state index contributed by atoms with van der Waals surface area (Å²) in [7, 11) is 0. The van der Waals surface area contributed by atoms with E-state index in [2.05, 4.69) is 19.8 Å². The second-order valence-electron chi connectivity index (χ2n) is 9.08. The zero-order chi connectivity index (χ0) is 20.7. The van der Waals surface area contributed by atoms with Gasteiger partial charge in [0.2, 0.25) is 17.8 Å². The summed E-state index contributed by atoms with van der Waals surface area (Å²) in [6.45, 7) is 5.22. The highest BCUT2D eigenvalue weighted by Gasteiger charge is 2.60. The number of carbonyl (C=O) groups is 3. The number of likely N-dealkylation sites (tertiary alicyclic amines) is 1. The van der Waals surface area contributed by atoms with Gasteiger partial charge in [-0.2, -0.15) is 0 Å². The number of hydrogen-bond acceptors (Lipinski definition) is 7. The van der Waals surface area contributed by atoms with Crippen LogP contribution in [0.25, 0.3) is 0 Å². The van der Waals surface area contributed by atoms with Gasteiger partial charge in [0, 0.05) is 57.5 Å². The van der Waals surface area contributed by atoms with Crippen molar-refractivity contribution in [2.45, 2.75) is 32.1 Å². The number of Topliss-reactive ketones (excluding diaryl/α,β-unsaturated/α-hetero) is 1. The Morgan fingerprint density at radius 3 is 2.30 bits per heavy atom. The molecule has 3 saturated carbocycles. The van der Waals surface area contributed by atoms with Crippen LogP contribution < -0.4 is 4.90 Å². The molecule has 0 aromatic carbocycles. The van der Waals surface area contributed by atoms with Crippen LogP contribution in [0.1, 0.15) is 32.1 Å². The number of piperazine rings is 1. The Kier molecular flexibility index (Phi) is 5.26. The van der Waals surface area contributed by atoms with E-state index < -0.39 is 0 Å². The third kappa shape index (κ3) is 3.41. The van der Waals surface area contributed by atoms with Gasteiger partial charge in [-0.25, -0.2) is 9.97 Å². The maximum Gasteiger partial charge on any atom is 0.233 e. The van der Waals surface area contributed by atoms with Crippen LogP contribution in [0.5, 0.6) is 0 Å². The van der Waals surface area contributed by atoms with Crippen LogP contribution in [-0.4, -0.2) is 76.6 Å². The maximum absolute atomic E-state index is 12.9. The van der Waals surface area contributed by atoms with E-state index in [9.17, 15) is 14.4 Å². The molecule has 2 bridgehead atoms. The largest absolute Gasteiger partial charge is 0.338 e. The van der Waals surface area contributed by atoms with Crippen molar-refractivity contribution in [1.29, 1.82) is 0 Å². The van der Waals surface area contributed by atoms with Crippen LogP contribution in [0, 0.1) is 23.7 Å². The normalized spacial score (nSPS) is 31.5. The van der Waals surface area contributed by atoms with E-state index in [1.807, 2.05) is 6.07 Å². The molecule has 0 N–H and O–H groups in total. The zero-order valence-corrected chi connectivity index (χ0v) is 17.3. The lowest BCUT2D eigenvalue weighted by Crippen LogP contribution is -2.47. The third-order valence-electron chi connectivity index (χ3n) is 7.47. The Morgan fingerprint density at radius 2 is 1.57 bits per heavy atom. The summed E-state index contributed by atoms with van der Waals surface area (Å²) in [5, 5.41) is 0. The van der Waals surface area contributed by atoms with Crippen LogP contribution in [0.15, 0.2) is 18.5 Å². The van der Waals surface area contributed by atoms with Crippen LogP contribution in [0.3, 0.4) is 0 Å². The summed E-state index contributed by atoms with van der Waals surface area (Å²) >= 11 is 0. The smallest absolute Gasteiger partial charge is 0.233 e. The van der Waals surface area contributed by atoms with Gasteiger partial charge in [0.05, 0.1) is 11.8 Å². The molecule has 1 aromatic heterocycles. The van der Waals surface area contributed by atoms with Crippen LogP contribution >= 0.6 is 0 Å². The van der Waals surface area contributed by atoms with Gasteiger partial charge in [0.15, 0.2) is 0 Å². The molecule has 0 radical (unpaired) electrons. The number of carbonyl (C=O) groups excluding carboxylic acids is 3. The number of amides is 2. The standard InChI is InChI=1S/C22H29N5O3/c28-17-14-15-4-5-16(17)19-18(15)20(29)27(21(19)30)9-2-1-8-25-10-12-26(13-11-25)22-23-6-3-7-24-22/h3,6-7,15-16,18-19H,1-2,4-5,8-14H2. The fraction of sp³-hybridized carbons (Fsp3) is 0.682. The first-order valence-electron chi connectivity index (χ1n) is 11.3. The fourth-order valence-electron chi connectivity index (χ4n) is 5.90. The first-order chi connectivity index (χ1) is 14.6. The highest BCUT2D eigenvalue weighted by atomic mass is 16.2. The van der Waals surface area contributed by atoms with Gasteiger partial charge in [0.25, 0.3) is 0 Å². The molecule has 160 valence electrons. The lowest BCUT2D eigenvalue weighted by Gasteiger charge is -2.41. The summed E-state index contributed by atoms with van der Waals surface area (Å²) in [6.07, 6.45) is 7.53. The molecule has 5 fully saturated rings. The van der Waals surface area contributed by atoms with Gasteiger partial charge >= 0.3 is 0 Å². The predicted octanol–water partition coefficient (Wildman–Crippen LogP) is 0.979. The number of nitrogens with zero attached hydrogens (tertiary/aromatic N) is 5. The Bertz CT molecular complexity index is 823. The summed E-state index contributed by atoms with van der Waals surface area (Å²) in [5.41, 5.74) is 0. The molecule has 1 aromatic rings. The molecule has 2 aliphatic heterocycles. The van der Waals surface area contributed by atoms with Crippen LogP contribution in [-0.2, 0) is 14.4 Å². The molecule has 4 unspecified atom stereocenters. The third-order valence-corrected chi connectivity index (χ3v) is 7.47. The number of hydrogen-bond donors (Lipinski definition) is 0. The van der Waals surface area contributed by atoms with Crippen molar-refractivity contribution >= 4 is 23.5 Å². The maximum atomic E-state index is 12.9. The molecule has 8 heteroatoms. The number of unbranched alkanes of at least 4 members (excludes halogenated alkanes) is 1. The second-order valence-corrected chi connectivity index (χ2v) is 9.08. The number of ketones is 1. The molecule has 8 nitrogen and oxygen atoms in total. The molecular formula is C22H29N5O3. The van der Waals surface area contributed by atoms with Gasteiger partial charge in [-0.1, -0.05) is 0 Å². The van der Waals surface area contributed by atoms with E-state index in [1.54, 1.807) is 12.4 Å². The molecular weight excluding hydrogens is 382 g/mol. The fourth-order valence-corrected chi connectivity index (χ4v) is 5.90. The minimum Gasteiger partial charge on any atom is -0.338 e. The second kappa shape index (κ2) is 8.06. The van der Waals surface area contributed by atoms with Crippen molar-refractivity contribution in [2.24, 2.45) is 23.7 Å². The van der Waals surface area contributed by atoms with Gasteiger partial charge < -0.3 is 4.90 Å². The summed E-state index contributed by atoms with van der Waals surface area (Å²) < 4.78 is 0. The van der Waals surface area contributed by atoms with Gasteiger partial charge in [0.1, 0.15) is 5.78 Å². The zero-order valence-electron chi connectivity index (χ0n) is 17.3. The molecule has 6 rings (SSSR count). The molecule has 2 amide bonds. The van der Waals surface area contributed by atoms with Crippen molar-refractivity contribution in [3.8, 4) is 0 Å². The van der Waals surface area contributed by atoms with Crippen molar-refractivity contribution in [2.75, 3.05) is 44.2 Å². The summed E-state index contributed by atoms with van der Waals surface area (Å²) in [5.74, 6) is 0.221. The molecule has 3 aliphatic carbocycles. The molecule has 0 spiro atoms. The number of imide groups is 1. The molecule has 4 atom stereocenters. The van der Waals surface area contributed by atoms with E-state index in [0.717, 1.165) is 64.4 Å². The Morgan fingerprint density at radius 1 is 0.867 bits per heavy atom. The average Bonchev–Trinajstić information content (AvgIpc) is 3.04. The van der Waals surface area contributed by atoms with Crippen molar-refractivity contribution in [3.05, 3.63) is 18.5 Å². The topological polar surface area (TPSA) is 86.7 Å². The van der Waals surface area contributed by atoms with Crippen molar-refractivity contribution in [1.82, 2.24) is 19.8 Å². The van der Waals surface area contributed by atoms with Gasteiger partial charge in [-0.3, -0.25) is 24.2 Å². The van der Waals surface area contributed by atoms with E-state index in [4.69, 9.17) is 0 Å². The Balaban J connectivity index is 1.08. The molecule has 3 heterocycles. The van der Waals surface area contributed by atoms with Gasteiger partial charge in [-0.05, 0) is 44.2 Å².